The Morgan fingerprint density at radius 3 is 2.10 bits per heavy atom. The molecule has 1 fully saturated rings. The molecular formula is C34H31N5O. The minimum atomic E-state index is -0.327. The molecular weight excluding hydrogens is 494 g/mol. The number of H-pyrrole nitrogens is 2. The first-order valence-corrected chi connectivity index (χ1v) is 14.0. The molecule has 6 nitrogen and oxygen atoms in total. The van der Waals surface area contributed by atoms with Crippen LogP contribution in [0.4, 0.5) is 5.69 Å². The van der Waals surface area contributed by atoms with Crippen molar-refractivity contribution in [2.24, 2.45) is 5.41 Å². The molecule has 1 saturated carbocycles. The number of hydrogen-bond donors (Lipinski definition) is 3. The van der Waals surface area contributed by atoms with Crippen LogP contribution in [0.25, 0.3) is 57.5 Å². The van der Waals surface area contributed by atoms with E-state index >= 15 is 0 Å². The molecule has 4 aromatic rings. The molecule has 1 amide bonds. The van der Waals surface area contributed by atoms with E-state index < -0.39 is 0 Å². The van der Waals surface area contributed by atoms with Gasteiger partial charge in [0.1, 0.15) is 0 Å². The molecule has 40 heavy (non-hydrogen) atoms. The Kier molecular flexibility index (Phi) is 5.96. The molecule has 8 bridgehead atoms. The van der Waals surface area contributed by atoms with E-state index in [0.717, 1.165) is 87.3 Å². The van der Waals surface area contributed by atoms with Crippen LogP contribution in [0.5, 0.6) is 0 Å². The number of hydrogen-bond acceptors (Lipinski definition) is 3. The van der Waals surface area contributed by atoms with Crippen molar-refractivity contribution in [2.45, 2.75) is 39.0 Å². The van der Waals surface area contributed by atoms with Crippen molar-refractivity contribution in [3.63, 3.8) is 0 Å². The Hall–Kier alpha value is -4.71. The topological polar surface area (TPSA) is 86.5 Å². The van der Waals surface area contributed by atoms with Crippen LogP contribution < -0.4 is 5.32 Å². The predicted octanol–water partition coefficient (Wildman–Crippen LogP) is 8.23. The molecule has 2 aliphatic heterocycles. The van der Waals surface area contributed by atoms with E-state index in [4.69, 9.17) is 9.97 Å². The molecule has 6 heteroatoms. The van der Waals surface area contributed by atoms with E-state index in [2.05, 4.69) is 58.6 Å². The van der Waals surface area contributed by atoms with Gasteiger partial charge in [-0.3, -0.25) is 4.79 Å². The lowest BCUT2D eigenvalue weighted by molar-refractivity contribution is -0.126. The number of para-hydroxylation sites is 1. The zero-order valence-electron chi connectivity index (χ0n) is 22.5. The number of nitrogens with one attached hydrogen (secondary N) is 3. The summed E-state index contributed by atoms with van der Waals surface area (Å²) >= 11 is 0. The summed E-state index contributed by atoms with van der Waals surface area (Å²) in [6, 6.07) is 22.5. The van der Waals surface area contributed by atoms with Gasteiger partial charge in [0.2, 0.25) is 5.91 Å². The van der Waals surface area contributed by atoms with Gasteiger partial charge in [-0.15, -0.1) is 0 Å². The lowest BCUT2D eigenvalue weighted by Gasteiger charge is -2.32. The van der Waals surface area contributed by atoms with Crippen molar-refractivity contribution >= 4 is 58.0 Å². The number of anilines is 1. The van der Waals surface area contributed by atoms with Crippen LogP contribution in [0.15, 0.2) is 66.7 Å². The van der Waals surface area contributed by atoms with Gasteiger partial charge in [0, 0.05) is 44.3 Å². The average Bonchev–Trinajstić information content (AvgIpc) is 3.75. The molecule has 7 rings (SSSR count). The zero-order chi connectivity index (χ0) is 27.1. The number of carbonyl (C=O) groups excluding carboxylic acids is 1. The summed E-state index contributed by atoms with van der Waals surface area (Å²) in [7, 11) is 0. The lowest BCUT2D eigenvalue weighted by Crippen LogP contribution is -2.35. The molecule has 0 radical (unpaired) electrons. The molecule has 1 aliphatic carbocycles. The summed E-state index contributed by atoms with van der Waals surface area (Å²) in [4.78, 5) is 30.1. The van der Waals surface area contributed by atoms with E-state index in [-0.39, 0.29) is 11.3 Å². The lowest BCUT2D eigenvalue weighted by atomic mass is 9.75. The van der Waals surface area contributed by atoms with Crippen LogP contribution in [0, 0.1) is 5.41 Å². The number of benzene rings is 1. The second kappa shape index (κ2) is 9.79. The summed E-state index contributed by atoms with van der Waals surface area (Å²) in [6.45, 7) is 2.10. The summed E-state index contributed by atoms with van der Waals surface area (Å²) in [5.74, 6) is 0.107. The minimum absolute atomic E-state index is 0.107. The SMILES string of the molecule is CC1(C(=O)Nc2ccccc2-c2cc3cc4ccc(cc5nc(cc6nc(cc2[nH]3)C=C6)C=C5)[nH]4)CCCCC1. The van der Waals surface area contributed by atoms with E-state index in [9.17, 15) is 4.79 Å². The number of aromatic amines is 2. The number of amides is 1. The molecule has 1 aromatic carbocycles. The molecule has 0 atom stereocenters. The standard InChI is InChI=1S/C34H31N5O/c1-34(15-5-2-6-16-34)33(40)39-31-8-4-3-7-29(31)30-20-28-19-26-12-11-24(36-26)17-22-9-10-23(35-22)18-25-13-14-27(37-25)21-32(30)38-28/h3-4,7-14,17-21,36,38H,2,5-6,15-16H2,1H3,(H,39,40). The van der Waals surface area contributed by atoms with E-state index in [1.54, 1.807) is 0 Å². The van der Waals surface area contributed by atoms with E-state index in [1.165, 1.54) is 6.42 Å². The largest absolute Gasteiger partial charge is 0.355 e. The highest BCUT2D eigenvalue weighted by Crippen LogP contribution is 2.39. The highest BCUT2D eigenvalue weighted by atomic mass is 16.2. The van der Waals surface area contributed by atoms with Gasteiger partial charge >= 0.3 is 0 Å². The van der Waals surface area contributed by atoms with Crippen LogP contribution in [0.3, 0.4) is 0 Å². The van der Waals surface area contributed by atoms with Crippen molar-refractivity contribution in [1.82, 2.24) is 19.9 Å². The molecule has 3 aliphatic rings. The molecule has 5 heterocycles. The number of rotatable bonds is 3. The normalized spacial score (nSPS) is 15.7. The van der Waals surface area contributed by atoms with Crippen molar-refractivity contribution in [1.29, 1.82) is 0 Å². The van der Waals surface area contributed by atoms with Crippen LogP contribution in [-0.2, 0) is 4.79 Å². The second-order valence-electron chi connectivity index (χ2n) is 11.2. The van der Waals surface area contributed by atoms with Crippen LogP contribution in [0.2, 0.25) is 0 Å². The van der Waals surface area contributed by atoms with Crippen LogP contribution >= 0.6 is 0 Å². The predicted molar refractivity (Wildman–Crippen MR) is 164 cm³/mol. The second-order valence-corrected chi connectivity index (χ2v) is 11.2. The third-order valence-corrected chi connectivity index (χ3v) is 8.14. The third kappa shape index (κ3) is 4.77. The highest BCUT2D eigenvalue weighted by Gasteiger charge is 2.34. The van der Waals surface area contributed by atoms with Gasteiger partial charge in [-0.1, -0.05) is 44.4 Å². The van der Waals surface area contributed by atoms with E-state index in [1.807, 2.05) is 54.6 Å². The van der Waals surface area contributed by atoms with Crippen molar-refractivity contribution in [2.75, 3.05) is 5.32 Å². The minimum Gasteiger partial charge on any atom is -0.355 e. The number of aromatic nitrogens is 4. The Morgan fingerprint density at radius 2 is 1.35 bits per heavy atom. The maximum Gasteiger partial charge on any atom is 0.230 e. The molecule has 3 aromatic heterocycles. The van der Waals surface area contributed by atoms with Crippen LogP contribution in [0.1, 0.15) is 61.8 Å². The molecule has 0 saturated heterocycles. The molecule has 198 valence electrons. The van der Waals surface area contributed by atoms with E-state index in [0.29, 0.717) is 0 Å². The first-order chi connectivity index (χ1) is 19.5. The summed E-state index contributed by atoms with van der Waals surface area (Å²) < 4.78 is 0. The van der Waals surface area contributed by atoms with Gasteiger partial charge in [0.15, 0.2) is 0 Å². The number of fused-ring (bicyclic) bond motifs is 8. The fraction of sp³-hybridized carbons (Fsp3) is 0.206. The van der Waals surface area contributed by atoms with Gasteiger partial charge < -0.3 is 15.3 Å². The fourth-order valence-electron chi connectivity index (χ4n) is 5.90. The monoisotopic (exact) mass is 525 g/mol. The van der Waals surface area contributed by atoms with Gasteiger partial charge in [0.05, 0.1) is 22.8 Å². The Morgan fingerprint density at radius 1 is 0.700 bits per heavy atom. The number of carbonyl (C=O) groups is 1. The maximum absolute atomic E-state index is 13.5. The Bertz CT molecular complexity index is 1850. The quantitative estimate of drug-likeness (QED) is 0.217. The van der Waals surface area contributed by atoms with Gasteiger partial charge in [-0.05, 0) is 85.7 Å². The molecule has 3 N–H and O–H groups in total. The molecule has 0 unspecified atom stereocenters. The average molecular weight is 526 g/mol. The van der Waals surface area contributed by atoms with Crippen LogP contribution in [-0.4, -0.2) is 25.8 Å². The van der Waals surface area contributed by atoms with Gasteiger partial charge in [-0.25, -0.2) is 9.97 Å². The summed E-state index contributed by atoms with van der Waals surface area (Å²) in [6.07, 6.45) is 13.3. The Balaban J connectivity index is 1.39. The van der Waals surface area contributed by atoms with Crippen molar-refractivity contribution in [3.05, 3.63) is 89.5 Å². The Labute approximate surface area is 232 Å². The first kappa shape index (κ1) is 24.3. The molecule has 0 spiro atoms. The fourth-order valence-corrected chi connectivity index (χ4v) is 5.90. The smallest absolute Gasteiger partial charge is 0.230 e. The third-order valence-electron chi connectivity index (χ3n) is 8.14. The maximum atomic E-state index is 13.5. The zero-order valence-corrected chi connectivity index (χ0v) is 22.5. The van der Waals surface area contributed by atoms with Crippen molar-refractivity contribution < 1.29 is 4.79 Å². The van der Waals surface area contributed by atoms with Gasteiger partial charge in [-0.2, -0.15) is 0 Å². The summed E-state index contributed by atoms with van der Waals surface area (Å²) in [5, 5.41) is 3.29. The van der Waals surface area contributed by atoms with Gasteiger partial charge in [0.25, 0.3) is 0 Å². The first-order valence-electron chi connectivity index (χ1n) is 14.0. The number of nitrogens with zero attached hydrogens (tertiary/aromatic N) is 2. The highest BCUT2D eigenvalue weighted by molar-refractivity contribution is 6.01. The van der Waals surface area contributed by atoms with Crippen molar-refractivity contribution in [3.8, 4) is 11.1 Å². The summed E-state index contributed by atoms with van der Waals surface area (Å²) in [5.41, 5.74) is 9.82.